The Balaban J connectivity index is 2.46. The predicted molar refractivity (Wildman–Crippen MR) is 59.9 cm³/mol. The van der Waals surface area contributed by atoms with E-state index in [4.69, 9.17) is 0 Å². The number of nitrogens with one attached hydrogen (secondary N) is 1. The zero-order chi connectivity index (χ0) is 11.3. The fourth-order valence-corrected chi connectivity index (χ4v) is 1.94. The molecular formula is C10H16N2O2S. The van der Waals surface area contributed by atoms with Crippen molar-refractivity contribution < 1.29 is 9.53 Å². The molecule has 0 unspecified atom stereocenters. The Hall–Kier alpha value is -0.940. The molecule has 0 amide bonds. The van der Waals surface area contributed by atoms with Crippen LogP contribution in [0, 0.1) is 0 Å². The second-order valence-corrected chi connectivity index (χ2v) is 4.14. The molecule has 0 aliphatic rings. The third-order valence-electron chi connectivity index (χ3n) is 2.10. The molecule has 1 aromatic rings. The second kappa shape index (κ2) is 5.82. The van der Waals surface area contributed by atoms with Crippen LogP contribution in [0.2, 0.25) is 0 Å². The van der Waals surface area contributed by atoms with Crippen LogP contribution in [-0.4, -0.2) is 24.6 Å². The van der Waals surface area contributed by atoms with Crippen molar-refractivity contribution >= 4 is 17.3 Å². The highest BCUT2D eigenvalue weighted by Gasteiger charge is 2.10. The maximum atomic E-state index is 10.9. The summed E-state index contributed by atoms with van der Waals surface area (Å²) in [5.41, 5.74) is 0.987. The van der Waals surface area contributed by atoms with E-state index in [1.165, 1.54) is 7.11 Å². The number of hydrogen-bond donors (Lipinski definition) is 1. The average Bonchev–Trinajstić information content (AvgIpc) is 2.73. The highest BCUT2D eigenvalue weighted by atomic mass is 32.1. The van der Waals surface area contributed by atoms with Crippen LogP contribution < -0.4 is 5.32 Å². The Morgan fingerprint density at radius 2 is 2.47 bits per heavy atom. The summed E-state index contributed by atoms with van der Waals surface area (Å²) in [4.78, 5) is 15.3. The number of rotatable bonds is 5. The molecule has 5 heteroatoms. The topological polar surface area (TPSA) is 51.2 Å². The van der Waals surface area contributed by atoms with E-state index in [0.717, 1.165) is 17.1 Å². The van der Waals surface area contributed by atoms with Crippen LogP contribution in [0.5, 0.6) is 0 Å². The smallest absolute Gasteiger partial charge is 0.319 e. The third kappa shape index (κ3) is 3.60. The molecule has 0 aliphatic heterocycles. The largest absolute Gasteiger partial charge is 0.468 e. The summed E-state index contributed by atoms with van der Waals surface area (Å²) in [5, 5.41) is 6.20. The van der Waals surface area contributed by atoms with Crippen LogP contribution in [-0.2, 0) is 16.0 Å². The summed E-state index contributed by atoms with van der Waals surface area (Å²) in [6.45, 7) is 4.28. The molecule has 0 spiro atoms. The molecule has 15 heavy (non-hydrogen) atoms. The molecule has 0 aromatic carbocycles. The number of nitrogens with zero attached hydrogens (tertiary/aromatic N) is 1. The zero-order valence-corrected chi connectivity index (χ0v) is 10.1. The number of aryl methyl sites for hydroxylation is 1. The highest BCUT2D eigenvalue weighted by molar-refractivity contribution is 7.09. The van der Waals surface area contributed by atoms with Crippen LogP contribution in [0.15, 0.2) is 5.38 Å². The quantitative estimate of drug-likeness (QED) is 0.776. The Morgan fingerprint density at radius 1 is 1.73 bits per heavy atom. The summed E-state index contributed by atoms with van der Waals surface area (Å²) in [6, 6.07) is 0.0839. The van der Waals surface area contributed by atoms with Gasteiger partial charge in [-0.25, -0.2) is 4.98 Å². The van der Waals surface area contributed by atoms with Crippen molar-refractivity contribution in [3.05, 3.63) is 16.1 Å². The van der Waals surface area contributed by atoms with Gasteiger partial charge in [0.2, 0.25) is 0 Å². The van der Waals surface area contributed by atoms with Gasteiger partial charge in [-0.1, -0.05) is 6.92 Å². The number of hydrogen-bond acceptors (Lipinski definition) is 5. The maximum absolute atomic E-state index is 10.9. The van der Waals surface area contributed by atoms with E-state index in [9.17, 15) is 4.79 Å². The van der Waals surface area contributed by atoms with E-state index in [1.54, 1.807) is 11.3 Å². The van der Waals surface area contributed by atoms with Gasteiger partial charge in [-0.15, -0.1) is 11.3 Å². The van der Waals surface area contributed by atoms with Crippen LogP contribution in [0.1, 0.15) is 30.6 Å². The molecule has 1 N–H and O–H groups in total. The van der Waals surface area contributed by atoms with Gasteiger partial charge in [0.25, 0.3) is 0 Å². The maximum Gasteiger partial charge on any atom is 0.319 e. The first kappa shape index (κ1) is 12.1. The average molecular weight is 228 g/mol. The molecule has 0 aliphatic carbocycles. The lowest BCUT2D eigenvalue weighted by Gasteiger charge is -2.09. The van der Waals surface area contributed by atoms with E-state index < -0.39 is 0 Å². The Bertz CT molecular complexity index is 325. The molecule has 0 radical (unpaired) electrons. The molecule has 1 heterocycles. The van der Waals surface area contributed by atoms with Crippen molar-refractivity contribution in [2.75, 3.05) is 13.7 Å². The minimum atomic E-state index is -0.257. The van der Waals surface area contributed by atoms with Crippen molar-refractivity contribution in [1.29, 1.82) is 0 Å². The van der Waals surface area contributed by atoms with E-state index in [0.29, 0.717) is 0 Å². The number of esters is 1. The Morgan fingerprint density at radius 3 is 3.00 bits per heavy atom. The predicted octanol–water partition coefficient (Wildman–Crippen LogP) is 1.53. The van der Waals surface area contributed by atoms with Crippen molar-refractivity contribution in [2.45, 2.75) is 26.3 Å². The van der Waals surface area contributed by atoms with Gasteiger partial charge in [0, 0.05) is 11.4 Å². The second-order valence-electron chi connectivity index (χ2n) is 3.20. The molecule has 4 nitrogen and oxygen atoms in total. The SMILES string of the molecule is CCc1nc([C@H](C)NCC(=O)OC)cs1. The zero-order valence-electron chi connectivity index (χ0n) is 9.24. The first-order chi connectivity index (χ1) is 7.17. The fraction of sp³-hybridized carbons (Fsp3) is 0.600. The lowest BCUT2D eigenvalue weighted by atomic mass is 10.2. The third-order valence-corrected chi connectivity index (χ3v) is 3.11. The number of thiazole rings is 1. The number of carbonyl (C=O) groups is 1. The van der Waals surface area contributed by atoms with E-state index >= 15 is 0 Å². The van der Waals surface area contributed by atoms with Crippen molar-refractivity contribution in [2.24, 2.45) is 0 Å². The van der Waals surface area contributed by atoms with Gasteiger partial charge in [0.15, 0.2) is 0 Å². The summed E-state index contributed by atoms with van der Waals surface area (Å²) in [5.74, 6) is -0.257. The van der Waals surface area contributed by atoms with Crippen molar-refractivity contribution in [1.82, 2.24) is 10.3 Å². The first-order valence-corrected chi connectivity index (χ1v) is 5.79. The fourth-order valence-electron chi connectivity index (χ4n) is 1.10. The summed E-state index contributed by atoms with van der Waals surface area (Å²) >= 11 is 1.65. The van der Waals surface area contributed by atoms with Crippen LogP contribution >= 0.6 is 11.3 Å². The summed E-state index contributed by atoms with van der Waals surface area (Å²) < 4.78 is 4.54. The van der Waals surface area contributed by atoms with Gasteiger partial charge in [-0.2, -0.15) is 0 Å². The van der Waals surface area contributed by atoms with Gasteiger partial charge in [0.1, 0.15) is 0 Å². The van der Waals surface area contributed by atoms with Crippen molar-refractivity contribution in [3.63, 3.8) is 0 Å². The molecule has 1 atom stereocenters. The molecular weight excluding hydrogens is 212 g/mol. The lowest BCUT2D eigenvalue weighted by molar-refractivity contribution is -0.139. The number of aromatic nitrogens is 1. The molecule has 0 saturated carbocycles. The van der Waals surface area contributed by atoms with Gasteiger partial charge < -0.3 is 4.74 Å². The molecule has 1 aromatic heterocycles. The van der Waals surface area contributed by atoms with Gasteiger partial charge >= 0.3 is 5.97 Å². The number of ether oxygens (including phenoxy) is 1. The van der Waals surface area contributed by atoms with Gasteiger partial charge in [-0.05, 0) is 13.3 Å². The Labute approximate surface area is 93.7 Å². The van der Waals surface area contributed by atoms with Crippen molar-refractivity contribution in [3.8, 4) is 0 Å². The molecule has 0 saturated heterocycles. The Kier molecular flexibility index (Phi) is 4.71. The van der Waals surface area contributed by atoms with Gasteiger partial charge in [-0.3, -0.25) is 10.1 Å². The number of carbonyl (C=O) groups excluding carboxylic acids is 1. The molecule has 0 fully saturated rings. The first-order valence-electron chi connectivity index (χ1n) is 4.91. The highest BCUT2D eigenvalue weighted by Crippen LogP contribution is 2.16. The van der Waals surface area contributed by atoms with E-state index in [-0.39, 0.29) is 18.6 Å². The van der Waals surface area contributed by atoms with Crippen LogP contribution in [0.25, 0.3) is 0 Å². The van der Waals surface area contributed by atoms with Crippen LogP contribution in [0.4, 0.5) is 0 Å². The van der Waals surface area contributed by atoms with E-state index in [2.05, 4.69) is 22.0 Å². The minimum absolute atomic E-state index is 0.0839. The molecule has 1 rings (SSSR count). The summed E-state index contributed by atoms with van der Waals surface area (Å²) in [7, 11) is 1.38. The van der Waals surface area contributed by atoms with Crippen LogP contribution in [0.3, 0.4) is 0 Å². The number of methoxy groups -OCH3 is 1. The lowest BCUT2D eigenvalue weighted by Crippen LogP contribution is -2.26. The molecule has 0 bridgehead atoms. The monoisotopic (exact) mass is 228 g/mol. The minimum Gasteiger partial charge on any atom is -0.468 e. The summed E-state index contributed by atoms with van der Waals surface area (Å²) in [6.07, 6.45) is 0.953. The standard InChI is InChI=1S/C10H16N2O2S/c1-4-9-12-8(6-15-9)7(2)11-5-10(13)14-3/h6-7,11H,4-5H2,1-3H3/t7-/m0/s1. The van der Waals surface area contributed by atoms with E-state index in [1.807, 2.05) is 12.3 Å². The molecule has 84 valence electrons. The van der Waals surface area contributed by atoms with Gasteiger partial charge in [0.05, 0.1) is 24.4 Å². The normalized spacial score (nSPS) is 12.5.